The summed E-state index contributed by atoms with van der Waals surface area (Å²) in [5.74, 6) is 0.587. The first-order valence-electron chi connectivity index (χ1n) is 8.59. The molecule has 0 N–H and O–H groups in total. The fourth-order valence-corrected chi connectivity index (χ4v) is 4.20. The van der Waals surface area contributed by atoms with E-state index in [2.05, 4.69) is 15.5 Å². The van der Waals surface area contributed by atoms with E-state index in [-0.39, 0.29) is 0 Å². The predicted molar refractivity (Wildman–Crippen MR) is 104 cm³/mol. The Morgan fingerprint density at radius 1 is 1.00 bits per heavy atom. The molecule has 1 aromatic heterocycles. The summed E-state index contributed by atoms with van der Waals surface area (Å²) in [6, 6.07) is 15.5. The SMILES string of the molecule is Cc1ccc(-n2nnnc2N2CCN(S(C)(=O)=O)c3ccccc3C2)cc1. The molecule has 0 aliphatic carbocycles. The Kier molecular flexibility index (Phi) is 4.31. The van der Waals surface area contributed by atoms with Crippen molar-refractivity contribution in [3.05, 3.63) is 59.7 Å². The number of hydrogen-bond donors (Lipinski definition) is 0. The Balaban J connectivity index is 1.74. The van der Waals surface area contributed by atoms with Gasteiger partial charge < -0.3 is 4.90 Å². The summed E-state index contributed by atoms with van der Waals surface area (Å²) in [7, 11) is -3.37. The van der Waals surface area contributed by atoms with E-state index in [0.29, 0.717) is 31.3 Å². The Labute approximate surface area is 158 Å². The van der Waals surface area contributed by atoms with Crippen LogP contribution in [0.15, 0.2) is 48.5 Å². The van der Waals surface area contributed by atoms with Crippen molar-refractivity contribution in [1.82, 2.24) is 20.2 Å². The molecule has 0 atom stereocenters. The monoisotopic (exact) mass is 384 g/mol. The van der Waals surface area contributed by atoms with Gasteiger partial charge in [-0.3, -0.25) is 4.31 Å². The first-order chi connectivity index (χ1) is 12.9. The van der Waals surface area contributed by atoms with Gasteiger partial charge in [0.25, 0.3) is 5.95 Å². The van der Waals surface area contributed by atoms with E-state index >= 15 is 0 Å². The standard InChI is InChI=1S/C18H20N6O2S/c1-14-7-9-16(10-8-14)24-18(19-20-21-24)22-11-12-23(27(2,25)26)17-6-4-3-5-15(17)13-22/h3-10H,11-13H2,1-2H3. The van der Waals surface area contributed by atoms with Gasteiger partial charge in [-0.25, -0.2) is 8.42 Å². The summed E-state index contributed by atoms with van der Waals surface area (Å²) >= 11 is 0. The molecule has 1 aliphatic rings. The second-order valence-corrected chi connectivity index (χ2v) is 8.52. The minimum atomic E-state index is -3.37. The fraction of sp³-hybridized carbons (Fsp3) is 0.278. The van der Waals surface area contributed by atoms with E-state index in [4.69, 9.17) is 0 Å². The van der Waals surface area contributed by atoms with Crippen LogP contribution in [0, 0.1) is 6.92 Å². The zero-order chi connectivity index (χ0) is 19.0. The summed E-state index contributed by atoms with van der Waals surface area (Å²) in [6.07, 6.45) is 1.23. The molecule has 0 saturated heterocycles. The lowest BCUT2D eigenvalue weighted by Gasteiger charge is -2.22. The summed E-state index contributed by atoms with van der Waals surface area (Å²) < 4.78 is 27.7. The van der Waals surface area contributed by atoms with Crippen LogP contribution in [0.25, 0.3) is 5.69 Å². The largest absolute Gasteiger partial charge is 0.333 e. The van der Waals surface area contributed by atoms with Crippen molar-refractivity contribution in [2.45, 2.75) is 13.5 Å². The number of hydrogen-bond acceptors (Lipinski definition) is 6. The molecule has 0 saturated carbocycles. The second-order valence-electron chi connectivity index (χ2n) is 6.61. The molecule has 9 heteroatoms. The third kappa shape index (κ3) is 3.37. The number of aromatic nitrogens is 4. The zero-order valence-electron chi connectivity index (χ0n) is 15.1. The number of tetrazole rings is 1. The summed E-state index contributed by atoms with van der Waals surface area (Å²) in [5.41, 5.74) is 3.63. The molecule has 0 fully saturated rings. The smallest absolute Gasteiger partial charge is 0.250 e. The van der Waals surface area contributed by atoms with Gasteiger partial charge in [-0.15, -0.1) is 0 Å². The van der Waals surface area contributed by atoms with E-state index in [0.717, 1.165) is 16.8 Å². The normalized spacial score (nSPS) is 14.7. The van der Waals surface area contributed by atoms with Crippen LogP contribution in [0.5, 0.6) is 0 Å². The molecular formula is C18H20N6O2S. The molecule has 0 bridgehead atoms. The minimum Gasteiger partial charge on any atom is -0.333 e. The Morgan fingerprint density at radius 2 is 1.74 bits per heavy atom. The fourth-order valence-electron chi connectivity index (χ4n) is 3.25. The van der Waals surface area contributed by atoms with Gasteiger partial charge in [0.2, 0.25) is 10.0 Å². The van der Waals surface area contributed by atoms with Crippen molar-refractivity contribution >= 4 is 21.7 Å². The average Bonchev–Trinajstić information content (AvgIpc) is 3.02. The topological polar surface area (TPSA) is 84.2 Å². The van der Waals surface area contributed by atoms with Gasteiger partial charge in [-0.2, -0.15) is 4.68 Å². The van der Waals surface area contributed by atoms with Crippen molar-refractivity contribution in [3.8, 4) is 5.69 Å². The molecule has 8 nitrogen and oxygen atoms in total. The highest BCUT2D eigenvalue weighted by Gasteiger charge is 2.27. The van der Waals surface area contributed by atoms with E-state index in [1.807, 2.05) is 60.4 Å². The molecule has 1 aliphatic heterocycles. The van der Waals surface area contributed by atoms with Crippen LogP contribution in [-0.2, 0) is 16.6 Å². The van der Waals surface area contributed by atoms with Gasteiger partial charge >= 0.3 is 0 Å². The van der Waals surface area contributed by atoms with Crippen LogP contribution in [0.1, 0.15) is 11.1 Å². The maximum atomic E-state index is 12.3. The first kappa shape index (κ1) is 17.5. The molecule has 3 aromatic rings. The molecule has 140 valence electrons. The number of sulfonamides is 1. The van der Waals surface area contributed by atoms with Gasteiger partial charge in [-0.1, -0.05) is 41.0 Å². The molecule has 0 spiro atoms. The molecule has 4 rings (SSSR count). The summed E-state index contributed by atoms with van der Waals surface area (Å²) in [5, 5.41) is 12.2. The quantitative estimate of drug-likeness (QED) is 0.684. The van der Waals surface area contributed by atoms with Crippen LogP contribution in [0.2, 0.25) is 0 Å². The second kappa shape index (κ2) is 6.66. The molecule has 2 heterocycles. The van der Waals surface area contributed by atoms with E-state index < -0.39 is 10.0 Å². The van der Waals surface area contributed by atoms with E-state index in [1.54, 1.807) is 4.68 Å². The summed E-state index contributed by atoms with van der Waals surface area (Å²) in [4.78, 5) is 2.00. The Hall–Kier alpha value is -2.94. The highest BCUT2D eigenvalue weighted by Crippen LogP contribution is 2.29. The number of para-hydroxylation sites is 1. The Morgan fingerprint density at radius 3 is 2.48 bits per heavy atom. The van der Waals surface area contributed by atoms with Gasteiger partial charge in [0.1, 0.15) is 0 Å². The highest BCUT2D eigenvalue weighted by molar-refractivity contribution is 7.92. The van der Waals surface area contributed by atoms with Crippen molar-refractivity contribution < 1.29 is 8.42 Å². The van der Waals surface area contributed by atoms with Crippen molar-refractivity contribution in [3.63, 3.8) is 0 Å². The third-order valence-electron chi connectivity index (χ3n) is 4.61. The van der Waals surface area contributed by atoms with Gasteiger partial charge in [0, 0.05) is 13.1 Å². The predicted octanol–water partition coefficient (Wildman–Crippen LogP) is 1.76. The number of rotatable bonds is 3. The number of benzene rings is 2. The first-order valence-corrected chi connectivity index (χ1v) is 10.4. The number of anilines is 2. The van der Waals surface area contributed by atoms with Crippen LogP contribution >= 0.6 is 0 Å². The molecule has 0 amide bonds. The van der Waals surface area contributed by atoms with E-state index in [9.17, 15) is 8.42 Å². The van der Waals surface area contributed by atoms with Crippen LogP contribution in [0.4, 0.5) is 11.6 Å². The molecular weight excluding hydrogens is 364 g/mol. The number of fused-ring (bicyclic) bond motifs is 1. The van der Waals surface area contributed by atoms with Crippen LogP contribution in [-0.4, -0.2) is 48.0 Å². The molecule has 27 heavy (non-hydrogen) atoms. The third-order valence-corrected chi connectivity index (χ3v) is 5.79. The zero-order valence-corrected chi connectivity index (χ0v) is 16.0. The minimum absolute atomic E-state index is 0.330. The lowest BCUT2D eigenvalue weighted by atomic mass is 10.2. The molecule has 0 unspecified atom stereocenters. The lowest BCUT2D eigenvalue weighted by molar-refractivity contribution is 0.596. The van der Waals surface area contributed by atoms with Crippen LogP contribution in [0.3, 0.4) is 0 Å². The maximum Gasteiger partial charge on any atom is 0.250 e. The van der Waals surface area contributed by atoms with Gasteiger partial charge in [-0.05, 0) is 41.1 Å². The molecule has 2 aromatic carbocycles. The maximum absolute atomic E-state index is 12.3. The number of nitrogens with zero attached hydrogens (tertiary/aromatic N) is 6. The van der Waals surface area contributed by atoms with Gasteiger partial charge in [0.05, 0.1) is 24.2 Å². The van der Waals surface area contributed by atoms with Crippen LogP contribution < -0.4 is 9.21 Å². The average molecular weight is 384 g/mol. The van der Waals surface area contributed by atoms with Crippen molar-refractivity contribution in [2.75, 3.05) is 28.6 Å². The van der Waals surface area contributed by atoms with Crippen molar-refractivity contribution in [2.24, 2.45) is 0 Å². The number of aryl methyl sites for hydroxylation is 1. The Bertz CT molecular complexity index is 1060. The summed E-state index contributed by atoms with van der Waals surface area (Å²) in [6.45, 7) is 3.36. The molecule has 0 radical (unpaired) electrons. The highest BCUT2D eigenvalue weighted by atomic mass is 32.2. The van der Waals surface area contributed by atoms with E-state index in [1.165, 1.54) is 10.6 Å². The lowest BCUT2D eigenvalue weighted by Crippen LogP contribution is -2.36. The van der Waals surface area contributed by atoms with Crippen molar-refractivity contribution in [1.29, 1.82) is 0 Å². The van der Waals surface area contributed by atoms with Gasteiger partial charge in [0.15, 0.2) is 0 Å².